The summed E-state index contributed by atoms with van der Waals surface area (Å²) in [6, 6.07) is 5.21. The molecule has 2 aromatic rings. The van der Waals surface area contributed by atoms with Crippen molar-refractivity contribution < 1.29 is 9.53 Å². The first-order valence-electron chi connectivity index (χ1n) is 5.65. The van der Waals surface area contributed by atoms with Crippen molar-refractivity contribution in [3.8, 4) is 16.9 Å². The van der Waals surface area contributed by atoms with Gasteiger partial charge in [-0.1, -0.05) is 0 Å². The fourth-order valence-corrected chi connectivity index (χ4v) is 1.71. The van der Waals surface area contributed by atoms with E-state index < -0.39 is 5.91 Å². The van der Waals surface area contributed by atoms with Crippen LogP contribution in [-0.4, -0.2) is 22.8 Å². The number of carbonyl (C=O) groups is 1. The monoisotopic (exact) mass is 245 g/mol. The molecule has 2 N–H and O–H groups in total. The van der Waals surface area contributed by atoms with E-state index in [0.29, 0.717) is 11.3 Å². The first-order valence-corrected chi connectivity index (χ1v) is 5.65. The number of primary amides is 1. The van der Waals surface area contributed by atoms with Gasteiger partial charge < -0.3 is 10.5 Å². The van der Waals surface area contributed by atoms with Gasteiger partial charge in [0.1, 0.15) is 5.75 Å². The van der Waals surface area contributed by atoms with Gasteiger partial charge in [-0.15, -0.1) is 0 Å². The second-order valence-corrected chi connectivity index (χ2v) is 3.90. The number of aromatic nitrogens is 2. The SMILES string of the molecule is CCn1cc(-c2cc(OC)cc(C(N)=O)c2)cn1. The molecule has 0 aliphatic rings. The molecule has 0 radical (unpaired) electrons. The predicted molar refractivity (Wildman–Crippen MR) is 68.4 cm³/mol. The molecule has 0 saturated heterocycles. The Morgan fingerprint density at radius 1 is 1.39 bits per heavy atom. The van der Waals surface area contributed by atoms with E-state index in [4.69, 9.17) is 10.5 Å². The number of hydrogen-bond donors (Lipinski definition) is 1. The molecule has 0 aliphatic heterocycles. The summed E-state index contributed by atoms with van der Waals surface area (Å²) >= 11 is 0. The van der Waals surface area contributed by atoms with Crippen LogP contribution in [0.5, 0.6) is 5.75 Å². The summed E-state index contributed by atoms with van der Waals surface area (Å²) in [5.74, 6) is 0.128. The average molecular weight is 245 g/mol. The lowest BCUT2D eigenvalue weighted by Crippen LogP contribution is -2.11. The molecule has 0 saturated carbocycles. The number of nitrogens with two attached hydrogens (primary N) is 1. The average Bonchev–Trinajstić information content (AvgIpc) is 2.86. The number of nitrogens with zero attached hydrogens (tertiary/aromatic N) is 2. The van der Waals surface area contributed by atoms with E-state index in [-0.39, 0.29) is 0 Å². The van der Waals surface area contributed by atoms with E-state index in [1.165, 1.54) is 0 Å². The van der Waals surface area contributed by atoms with Crippen LogP contribution in [0.4, 0.5) is 0 Å². The number of methoxy groups -OCH3 is 1. The van der Waals surface area contributed by atoms with Crippen molar-refractivity contribution in [1.82, 2.24) is 9.78 Å². The lowest BCUT2D eigenvalue weighted by Gasteiger charge is -2.05. The molecule has 94 valence electrons. The molecule has 0 spiro atoms. The maximum absolute atomic E-state index is 11.3. The highest BCUT2D eigenvalue weighted by atomic mass is 16.5. The molecule has 0 fully saturated rings. The summed E-state index contributed by atoms with van der Waals surface area (Å²) in [6.07, 6.45) is 3.67. The van der Waals surface area contributed by atoms with Crippen LogP contribution >= 0.6 is 0 Å². The van der Waals surface area contributed by atoms with Gasteiger partial charge in [0.15, 0.2) is 0 Å². The van der Waals surface area contributed by atoms with Crippen molar-refractivity contribution in [2.24, 2.45) is 5.73 Å². The summed E-state index contributed by atoms with van der Waals surface area (Å²) < 4.78 is 6.98. The van der Waals surface area contributed by atoms with Gasteiger partial charge in [0, 0.05) is 23.9 Å². The van der Waals surface area contributed by atoms with E-state index in [1.807, 2.05) is 23.9 Å². The minimum absolute atomic E-state index is 0.425. The predicted octanol–water partition coefficient (Wildman–Crippen LogP) is 1.68. The Morgan fingerprint density at radius 3 is 2.72 bits per heavy atom. The van der Waals surface area contributed by atoms with Gasteiger partial charge in [-0.2, -0.15) is 5.10 Å². The summed E-state index contributed by atoms with van der Waals surface area (Å²) in [7, 11) is 1.55. The first kappa shape index (κ1) is 12.2. The largest absolute Gasteiger partial charge is 0.497 e. The van der Waals surface area contributed by atoms with Crippen molar-refractivity contribution in [3.63, 3.8) is 0 Å². The van der Waals surface area contributed by atoms with Gasteiger partial charge in [0.2, 0.25) is 5.91 Å². The molecular weight excluding hydrogens is 230 g/mol. The van der Waals surface area contributed by atoms with Crippen LogP contribution in [0.2, 0.25) is 0 Å². The molecule has 0 unspecified atom stereocenters. The van der Waals surface area contributed by atoms with Crippen LogP contribution in [0.3, 0.4) is 0 Å². The third-order valence-corrected chi connectivity index (χ3v) is 2.72. The van der Waals surface area contributed by atoms with Gasteiger partial charge in [0.05, 0.1) is 13.3 Å². The quantitative estimate of drug-likeness (QED) is 0.890. The molecule has 1 heterocycles. The summed E-state index contributed by atoms with van der Waals surface area (Å²) in [4.78, 5) is 11.3. The molecule has 2 rings (SSSR count). The van der Waals surface area contributed by atoms with Crippen LogP contribution in [0, 0.1) is 0 Å². The van der Waals surface area contributed by atoms with Gasteiger partial charge in [-0.05, 0) is 30.7 Å². The van der Waals surface area contributed by atoms with E-state index >= 15 is 0 Å². The number of benzene rings is 1. The molecule has 1 amide bonds. The van der Waals surface area contributed by atoms with Crippen molar-refractivity contribution >= 4 is 5.91 Å². The van der Waals surface area contributed by atoms with Crippen molar-refractivity contribution in [2.45, 2.75) is 13.5 Å². The Morgan fingerprint density at radius 2 is 2.17 bits per heavy atom. The van der Waals surface area contributed by atoms with E-state index in [1.54, 1.807) is 25.4 Å². The minimum Gasteiger partial charge on any atom is -0.497 e. The Kier molecular flexibility index (Phi) is 3.32. The van der Waals surface area contributed by atoms with E-state index in [0.717, 1.165) is 17.7 Å². The normalized spacial score (nSPS) is 10.3. The van der Waals surface area contributed by atoms with Crippen molar-refractivity contribution in [1.29, 1.82) is 0 Å². The molecule has 18 heavy (non-hydrogen) atoms. The van der Waals surface area contributed by atoms with Crippen LogP contribution < -0.4 is 10.5 Å². The lowest BCUT2D eigenvalue weighted by molar-refractivity contribution is 0.1000. The van der Waals surface area contributed by atoms with Crippen molar-refractivity contribution in [3.05, 3.63) is 36.2 Å². The number of carbonyl (C=O) groups excluding carboxylic acids is 1. The third kappa shape index (κ3) is 2.34. The highest BCUT2D eigenvalue weighted by Gasteiger charge is 2.08. The maximum Gasteiger partial charge on any atom is 0.248 e. The van der Waals surface area contributed by atoms with Crippen LogP contribution in [0.25, 0.3) is 11.1 Å². The number of ether oxygens (including phenoxy) is 1. The Bertz CT molecular complexity index is 575. The van der Waals surface area contributed by atoms with Gasteiger partial charge in [-0.25, -0.2) is 0 Å². The molecule has 1 aromatic carbocycles. The van der Waals surface area contributed by atoms with Gasteiger partial charge >= 0.3 is 0 Å². The Labute approximate surface area is 105 Å². The topological polar surface area (TPSA) is 70.1 Å². The van der Waals surface area contributed by atoms with Gasteiger partial charge in [0.25, 0.3) is 0 Å². The van der Waals surface area contributed by atoms with Crippen LogP contribution in [0.1, 0.15) is 17.3 Å². The fraction of sp³-hybridized carbons (Fsp3) is 0.231. The fourth-order valence-electron chi connectivity index (χ4n) is 1.71. The minimum atomic E-state index is -0.474. The zero-order valence-corrected chi connectivity index (χ0v) is 10.4. The summed E-state index contributed by atoms with van der Waals surface area (Å²) in [5, 5.41) is 4.20. The number of rotatable bonds is 4. The van der Waals surface area contributed by atoms with Crippen molar-refractivity contribution in [2.75, 3.05) is 7.11 Å². The van der Waals surface area contributed by atoms with E-state index in [2.05, 4.69) is 5.10 Å². The highest BCUT2D eigenvalue weighted by Crippen LogP contribution is 2.25. The second-order valence-electron chi connectivity index (χ2n) is 3.90. The lowest BCUT2D eigenvalue weighted by atomic mass is 10.1. The standard InChI is InChI=1S/C13H15N3O2/c1-3-16-8-11(7-15-16)9-4-10(13(14)17)6-12(5-9)18-2/h4-8H,3H2,1-2H3,(H2,14,17). The molecule has 1 aromatic heterocycles. The zero-order chi connectivity index (χ0) is 13.1. The second kappa shape index (κ2) is 4.91. The third-order valence-electron chi connectivity index (χ3n) is 2.72. The zero-order valence-electron chi connectivity index (χ0n) is 10.4. The molecule has 5 nitrogen and oxygen atoms in total. The Hall–Kier alpha value is -2.30. The smallest absolute Gasteiger partial charge is 0.248 e. The molecule has 0 atom stereocenters. The van der Waals surface area contributed by atoms with E-state index in [9.17, 15) is 4.79 Å². The number of amides is 1. The number of hydrogen-bond acceptors (Lipinski definition) is 3. The van der Waals surface area contributed by atoms with Gasteiger partial charge in [-0.3, -0.25) is 9.48 Å². The maximum atomic E-state index is 11.3. The summed E-state index contributed by atoms with van der Waals surface area (Å²) in [5.41, 5.74) is 7.52. The van der Waals surface area contributed by atoms with Crippen LogP contribution in [0.15, 0.2) is 30.6 Å². The van der Waals surface area contributed by atoms with Crippen LogP contribution in [-0.2, 0) is 6.54 Å². The summed E-state index contributed by atoms with van der Waals surface area (Å²) in [6.45, 7) is 2.81. The number of aryl methyl sites for hydroxylation is 1. The molecule has 0 bridgehead atoms. The highest BCUT2D eigenvalue weighted by molar-refractivity contribution is 5.94. The molecule has 0 aliphatic carbocycles. The molecule has 5 heteroatoms. The first-order chi connectivity index (χ1) is 8.63. The molecular formula is C13H15N3O2. The Balaban J connectivity index is 2.49.